The van der Waals surface area contributed by atoms with E-state index in [0.717, 1.165) is 10.8 Å². The summed E-state index contributed by atoms with van der Waals surface area (Å²) in [6.45, 7) is 2.21. The molecule has 3 aromatic rings. The highest BCUT2D eigenvalue weighted by atomic mass is 16.5. The van der Waals surface area contributed by atoms with E-state index in [1.165, 1.54) is 23.1 Å². The molecule has 0 saturated carbocycles. The van der Waals surface area contributed by atoms with Gasteiger partial charge in [-0.15, -0.1) is 0 Å². The van der Waals surface area contributed by atoms with Crippen molar-refractivity contribution in [3.05, 3.63) is 77.4 Å². The number of rotatable bonds is 4. The van der Waals surface area contributed by atoms with Crippen LogP contribution in [0.2, 0.25) is 0 Å². The lowest BCUT2D eigenvalue weighted by atomic mass is 10.1. The number of amides is 2. The van der Waals surface area contributed by atoms with Gasteiger partial charge in [0.2, 0.25) is 0 Å². The summed E-state index contributed by atoms with van der Waals surface area (Å²) in [7, 11) is 0. The van der Waals surface area contributed by atoms with Gasteiger partial charge in [0.1, 0.15) is 0 Å². The summed E-state index contributed by atoms with van der Waals surface area (Å²) in [6, 6.07) is 17.6. The van der Waals surface area contributed by atoms with Crippen LogP contribution in [0.25, 0.3) is 10.8 Å². The first-order chi connectivity index (χ1) is 13.1. The molecule has 0 bridgehead atoms. The third kappa shape index (κ3) is 2.77. The molecule has 1 heterocycles. The van der Waals surface area contributed by atoms with Crippen LogP contribution >= 0.6 is 0 Å². The van der Waals surface area contributed by atoms with E-state index in [2.05, 4.69) is 0 Å². The van der Waals surface area contributed by atoms with Crippen molar-refractivity contribution >= 4 is 34.2 Å². The van der Waals surface area contributed by atoms with E-state index in [-0.39, 0.29) is 17.0 Å². The topological polar surface area (TPSA) is 63.7 Å². The SMILES string of the molecule is CCCOC(=O)c1ccc2c(c1)C(=O)N(c1cccc3ccccc13)C2=O. The second-order valence-electron chi connectivity index (χ2n) is 6.34. The van der Waals surface area contributed by atoms with Gasteiger partial charge in [0.05, 0.1) is 29.0 Å². The molecule has 0 unspecified atom stereocenters. The normalized spacial score (nSPS) is 13.1. The Morgan fingerprint density at radius 1 is 0.926 bits per heavy atom. The van der Waals surface area contributed by atoms with Gasteiger partial charge in [0.25, 0.3) is 11.8 Å². The first-order valence-electron chi connectivity index (χ1n) is 8.79. The molecular formula is C22H17NO4. The van der Waals surface area contributed by atoms with Crippen LogP contribution in [0.1, 0.15) is 44.4 Å². The zero-order valence-corrected chi connectivity index (χ0v) is 14.8. The Morgan fingerprint density at radius 3 is 2.48 bits per heavy atom. The van der Waals surface area contributed by atoms with Crippen LogP contribution in [-0.2, 0) is 4.74 Å². The molecule has 0 saturated heterocycles. The minimum absolute atomic E-state index is 0.221. The molecule has 0 spiro atoms. The Morgan fingerprint density at radius 2 is 1.67 bits per heavy atom. The summed E-state index contributed by atoms with van der Waals surface area (Å²) < 4.78 is 5.12. The minimum Gasteiger partial charge on any atom is -0.462 e. The molecule has 2 amide bonds. The molecule has 0 aromatic heterocycles. The van der Waals surface area contributed by atoms with Gasteiger partial charge in [-0.05, 0) is 36.1 Å². The van der Waals surface area contributed by atoms with Crippen LogP contribution in [0.15, 0.2) is 60.7 Å². The van der Waals surface area contributed by atoms with Gasteiger partial charge in [-0.1, -0.05) is 43.3 Å². The Bertz CT molecular complexity index is 1080. The van der Waals surface area contributed by atoms with Crippen LogP contribution < -0.4 is 4.90 Å². The summed E-state index contributed by atoms with van der Waals surface area (Å²) in [5.41, 5.74) is 1.32. The van der Waals surface area contributed by atoms with Crippen molar-refractivity contribution in [2.24, 2.45) is 0 Å². The Balaban J connectivity index is 1.76. The smallest absolute Gasteiger partial charge is 0.338 e. The van der Waals surface area contributed by atoms with Crippen LogP contribution in [-0.4, -0.2) is 24.4 Å². The van der Waals surface area contributed by atoms with Gasteiger partial charge in [0, 0.05) is 5.39 Å². The Labute approximate surface area is 156 Å². The molecule has 0 N–H and O–H groups in total. The van der Waals surface area contributed by atoms with Gasteiger partial charge in [0.15, 0.2) is 0 Å². The molecule has 0 radical (unpaired) electrons. The molecule has 4 rings (SSSR count). The van der Waals surface area contributed by atoms with E-state index in [0.29, 0.717) is 24.3 Å². The summed E-state index contributed by atoms with van der Waals surface area (Å²) >= 11 is 0. The fourth-order valence-electron chi connectivity index (χ4n) is 3.27. The monoisotopic (exact) mass is 359 g/mol. The summed E-state index contributed by atoms with van der Waals surface area (Å²) in [5.74, 6) is -1.32. The fourth-order valence-corrected chi connectivity index (χ4v) is 3.27. The lowest BCUT2D eigenvalue weighted by Gasteiger charge is -2.16. The lowest BCUT2D eigenvalue weighted by Crippen LogP contribution is -2.29. The van der Waals surface area contributed by atoms with Crippen molar-refractivity contribution in [2.45, 2.75) is 13.3 Å². The Kier molecular flexibility index (Phi) is 4.20. The highest BCUT2D eigenvalue weighted by Crippen LogP contribution is 2.33. The van der Waals surface area contributed by atoms with Crippen molar-refractivity contribution in [1.29, 1.82) is 0 Å². The molecular weight excluding hydrogens is 342 g/mol. The van der Waals surface area contributed by atoms with E-state index in [4.69, 9.17) is 4.74 Å². The molecule has 3 aromatic carbocycles. The third-order valence-corrected chi connectivity index (χ3v) is 4.57. The number of carbonyl (C=O) groups excluding carboxylic acids is 3. The predicted octanol–water partition coefficient (Wildman–Crippen LogP) is 4.21. The molecule has 1 aliphatic heterocycles. The van der Waals surface area contributed by atoms with Crippen molar-refractivity contribution in [1.82, 2.24) is 0 Å². The summed E-state index contributed by atoms with van der Waals surface area (Å²) in [4.78, 5) is 39.1. The number of ether oxygens (including phenoxy) is 1. The second-order valence-corrected chi connectivity index (χ2v) is 6.34. The van der Waals surface area contributed by atoms with Crippen molar-refractivity contribution < 1.29 is 19.1 Å². The number of anilines is 1. The predicted molar refractivity (Wildman–Crippen MR) is 102 cm³/mol. The van der Waals surface area contributed by atoms with Crippen molar-refractivity contribution in [3.8, 4) is 0 Å². The largest absolute Gasteiger partial charge is 0.462 e. The molecule has 0 fully saturated rings. The highest BCUT2D eigenvalue weighted by Gasteiger charge is 2.37. The number of nitrogens with zero attached hydrogens (tertiary/aromatic N) is 1. The van der Waals surface area contributed by atoms with Gasteiger partial charge >= 0.3 is 5.97 Å². The zero-order chi connectivity index (χ0) is 19.0. The van der Waals surface area contributed by atoms with Crippen molar-refractivity contribution in [3.63, 3.8) is 0 Å². The van der Waals surface area contributed by atoms with E-state index >= 15 is 0 Å². The molecule has 5 heteroatoms. The first-order valence-corrected chi connectivity index (χ1v) is 8.79. The van der Waals surface area contributed by atoms with Gasteiger partial charge in [-0.25, -0.2) is 9.69 Å². The molecule has 5 nitrogen and oxygen atoms in total. The average Bonchev–Trinajstić information content (AvgIpc) is 2.95. The lowest BCUT2D eigenvalue weighted by molar-refractivity contribution is 0.0505. The van der Waals surface area contributed by atoms with E-state index < -0.39 is 11.9 Å². The summed E-state index contributed by atoms with van der Waals surface area (Å²) in [6.07, 6.45) is 0.711. The third-order valence-electron chi connectivity index (χ3n) is 4.57. The maximum Gasteiger partial charge on any atom is 0.338 e. The van der Waals surface area contributed by atoms with E-state index in [1.54, 1.807) is 6.07 Å². The molecule has 134 valence electrons. The van der Waals surface area contributed by atoms with Crippen LogP contribution in [0.5, 0.6) is 0 Å². The average molecular weight is 359 g/mol. The maximum absolute atomic E-state index is 13.0. The van der Waals surface area contributed by atoms with Crippen LogP contribution in [0, 0.1) is 0 Å². The van der Waals surface area contributed by atoms with Gasteiger partial charge in [-0.2, -0.15) is 0 Å². The summed E-state index contributed by atoms with van der Waals surface area (Å²) in [5, 5.41) is 1.76. The molecule has 0 atom stereocenters. The number of imide groups is 1. The van der Waals surface area contributed by atoms with Gasteiger partial charge in [-0.3, -0.25) is 9.59 Å². The number of esters is 1. The zero-order valence-electron chi connectivity index (χ0n) is 14.8. The van der Waals surface area contributed by atoms with Crippen LogP contribution in [0.4, 0.5) is 5.69 Å². The Hall–Kier alpha value is -3.47. The molecule has 27 heavy (non-hydrogen) atoms. The first kappa shape index (κ1) is 17.0. The fraction of sp³-hybridized carbons (Fsp3) is 0.136. The number of hydrogen-bond donors (Lipinski definition) is 0. The minimum atomic E-state index is -0.497. The van der Waals surface area contributed by atoms with Crippen molar-refractivity contribution in [2.75, 3.05) is 11.5 Å². The second kappa shape index (κ2) is 6.68. The van der Waals surface area contributed by atoms with E-state index in [9.17, 15) is 14.4 Å². The number of fused-ring (bicyclic) bond motifs is 2. The van der Waals surface area contributed by atoms with E-state index in [1.807, 2.05) is 43.3 Å². The van der Waals surface area contributed by atoms with Gasteiger partial charge < -0.3 is 4.74 Å². The standard InChI is InChI=1S/C22H17NO4/c1-2-12-27-22(26)15-10-11-17-18(13-15)21(25)23(20(17)24)19-9-5-7-14-6-3-4-8-16(14)19/h3-11,13H,2,12H2,1H3. The molecule has 0 aliphatic carbocycles. The quantitative estimate of drug-likeness (QED) is 0.517. The number of hydrogen-bond acceptors (Lipinski definition) is 4. The highest BCUT2D eigenvalue weighted by molar-refractivity contribution is 6.36. The number of carbonyl (C=O) groups is 3. The maximum atomic E-state index is 13.0. The number of benzene rings is 3. The van der Waals surface area contributed by atoms with Crippen LogP contribution in [0.3, 0.4) is 0 Å². The molecule has 1 aliphatic rings.